The molecule has 4 heteroatoms. The number of benzene rings is 1. The molecule has 20 heavy (non-hydrogen) atoms. The van der Waals surface area contributed by atoms with Crippen molar-refractivity contribution in [2.75, 3.05) is 31.1 Å². The molecule has 2 rings (SSSR count). The Balaban J connectivity index is 2.07. The van der Waals surface area contributed by atoms with Gasteiger partial charge in [-0.15, -0.1) is 0 Å². The van der Waals surface area contributed by atoms with Crippen molar-refractivity contribution in [2.45, 2.75) is 32.2 Å². The summed E-state index contributed by atoms with van der Waals surface area (Å²) < 4.78 is 0. The van der Waals surface area contributed by atoms with E-state index in [9.17, 15) is 4.79 Å². The van der Waals surface area contributed by atoms with E-state index >= 15 is 0 Å². The van der Waals surface area contributed by atoms with Crippen LogP contribution in [0, 0.1) is 0 Å². The van der Waals surface area contributed by atoms with Crippen molar-refractivity contribution in [3.8, 4) is 0 Å². The maximum Gasteiger partial charge on any atom is 0.226 e. The van der Waals surface area contributed by atoms with Crippen molar-refractivity contribution < 1.29 is 9.90 Å². The minimum atomic E-state index is 0.191. The molecule has 4 nitrogen and oxygen atoms in total. The normalized spacial score (nSPS) is 17.1. The standard InChI is InChI=1S/C16H24N2O2/c1-2-16(20)18(14-6-4-3-5-7-14)15-8-10-17(11-9-15)12-13-19/h3-7,15,19H,2,8-13H2,1H3. The van der Waals surface area contributed by atoms with Crippen molar-refractivity contribution in [3.05, 3.63) is 30.3 Å². The average Bonchev–Trinajstić information content (AvgIpc) is 2.50. The topological polar surface area (TPSA) is 43.8 Å². The lowest BCUT2D eigenvalue weighted by Crippen LogP contribution is -2.48. The number of amides is 1. The summed E-state index contributed by atoms with van der Waals surface area (Å²) in [6, 6.07) is 10.2. The minimum Gasteiger partial charge on any atom is -0.395 e. The van der Waals surface area contributed by atoms with Crippen molar-refractivity contribution in [2.24, 2.45) is 0 Å². The fourth-order valence-electron chi connectivity index (χ4n) is 2.86. The summed E-state index contributed by atoms with van der Waals surface area (Å²) in [6.07, 6.45) is 2.48. The number of piperidine rings is 1. The van der Waals surface area contributed by atoms with Gasteiger partial charge >= 0.3 is 0 Å². The Morgan fingerprint density at radius 1 is 1.30 bits per heavy atom. The van der Waals surface area contributed by atoms with Crippen LogP contribution >= 0.6 is 0 Å². The third-order valence-electron chi connectivity index (χ3n) is 3.94. The molecule has 0 radical (unpaired) electrons. The number of para-hydroxylation sites is 1. The molecule has 0 aromatic heterocycles. The molecule has 1 aliphatic rings. The molecule has 1 N–H and O–H groups in total. The number of carbonyl (C=O) groups is 1. The lowest BCUT2D eigenvalue weighted by Gasteiger charge is -2.38. The largest absolute Gasteiger partial charge is 0.395 e. The van der Waals surface area contributed by atoms with Crippen LogP contribution in [0.4, 0.5) is 5.69 Å². The molecule has 1 aliphatic heterocycles. The van der Waals surface area contributed by atoms with Gasteiger partial charge in [0.05, 0.1) is 6.61 Å². The molecule has 1 amide bonds. The first-order chi connectivity index (χ1) is 9.76. The Morgan fingerprint density at radius 2 is 1.95 bits per heavy atom. The van der Waals surface area contributed by atoms with E-state index in [4.69, 9.17) is 5.11 Å². The number of likely N-dealkylation sites (tertiary alicyclic amines) is 1. The highest BCUT2D eigenvalue weighted by Gasteiger charge is 2.27. The number of β-amino-alcohol motifs (C(OH)–C–C–N with tert-alkyl or cyclic N) is 1. The molecular formula is C16H24N2O2. The molecule has 0 saturated carbocycles. The molecule has 110 valence electrons. The van der Waals surface area contributed by atoms with Crippen LogP contribution in [0.5, 0.6) is 0 Å². The van der Waals surface area contributed by atoms with Gasteiger partial charge in [-0.25, -0.2) is 0 Å². The van der Waals surface area contributed by atoms with Gasteiger partial charge in [-0.05, 0) is 25.0 Å². The van der Waals surface area contributed by atoms with Crippen molar-refractivity contribution >= 4 is 11.6 Å². The number of hydrogen-bond donors (Lipinski definition) is 1. The molecule has 0 unspecified atom stereocenters. The Hall–Kier alpha value is -1.39. The molecule has 0 aliphatic carbocycles. The highest BCUT2D eigenvalue weighted by atomic mass is 16.3. The van der Waals surface area contributed by atoms with Crippen LogP contribution in [-0.4, -0.2) is 48.2 Å². The molecule has 1 heterocycles. The zero-order valence-corrected chi connectivity index (χ0v) is 12.2. The Labute approximate surface area is 121 Å². The monoisotopic (exact) mass is 276 g/mol. The molecular weight excluding hydrogens is 252 g/mol. The maximum absolute atomic E-state index is 12.3. The van der Waals surface area contributed by atoms with Gasteiger partial charge in [0.2, 0.25) is 5.91 Å². The number of aliphatic hydroxyl groups excluding tert-OH is 1. The fourth-order valence-corrected chi connectivity index (χ4v) is 2.86. The van der Waals surface area contributed by atoms with Gasteiger partial charge < -0.3 is 14.9 Å². The van der Waals surface area contributed by atoms with E-state index in [-0.39, 0.29) is 18.6 Å². The summed E-state index contributed by atoms with van der Waals surface area (Å²) in [5, 5.41) is 8.99. The summed E-state index contributed by atoms with van der Waals surface area (Å²) in [5.74, 6) is 0.191. The van der Waals surface area contributed by atoms with Crippen LogP contribution in [0.25, 0.3) is 0 Å². The van der Waals surface area contributed by atoms with Crippen LogP contribution in [0.15, 0.2) is 30.3 Å². The quantitative estimate of drug-likeness (QED) is 0.893. The molecule has 1 aromatic rings. The van der Waals surface area contributed by atoms with Gasteiger partial charge in [0.15, 0.2) is 0 Å². The summed E-state index contributed by atoms with van der Waals surface area (Å²) in [7, 11) is 0. The first-order valence-electron chi connectivity index (χ1n) is 7.46. The van der Waals surface area contributed by atoms with Gasteiger partial charge in [0.1, 0.15) is 0 Å². The van der Waals surface area contributed by atoms with Crippen LogP contribution in [-0.2, 0) is 4.79 Å². The molecule has 1 saturated heterocycles. The smallest absolute Gasteiger partial charge is 0.226 e. The van der Waals surface area contributed by atoms with Crippen molar-refractivity contribution in [1.29, 1.82) is 0 Å². The average molecular weight is 276 g/mol. The summed E-state index contributed by atoms with van der Waals surface area (Å²) in [6.45, 7) is 4.76. The Kier molecular flexibility index (Phi) is 5.56. The number of carbonyl (C=O) groups excluding carboxylic acids is 1. The molecule has 0 bridgehead atoms. The zero-order chi connectivity index (χ0) is 14.4. The first-order valence-corrected chi connectivity index (χ1v) is 7.46. The summed E-state index contributed by atoms with van der Waals surface area (Å²) in [5.41, 5.74) is 1.000. The lowest BCUT2D eigenvalue weighted by atomic mass is 10.0. The third-order valence-corrected chi connectivity index (χ3v) is 3.94. The zero-order valence-electron chi connectivity index (χ0n) is 12.2. The highest BCUT2D eigenvalue weighted by molar-refractivity contribution is 5.93. The second-order valence-corrected chi connectivity index (χ2v) is 5.25. The molecule has 1 aromatic carbocycles. The molecule has 1 fully saturated rings. The summed E-state index contributed by atoms with van der Waals surface area (Å²) in [4.78, 5) is 16.5. The second kappa shape index (κ2) is 7.41. The van der Waals surface area contributed by atoms with E-state index in [0.717, 1.165) is 38.2 Å². The SMILES string of the molecule is CCC(=O)N(c1ccccc1)C1CCN(CCO)CC1. The van der Waals surface area contributed by atoms with E-state index in [1.54, 1.807) is 0 Å². The molecule has 0 spiro atoms. The maximum atomic E-state index is 12.3. The van der Waals surface area contributed by atoms with E-state index in [0.29, 0.717) is 6.42 Å². The van der Waals surface area contributed by atoms with E-state index < -0.39 is 0 Å². The van der Waals surface area contributed by atoms with Crippen molar-refractivity contribution in [3.63, 3.8) is 0 Å². The predicted octanol–water partition coefficient (Wildman–Crippen LogP) is 1.89. The highest BCUT2D eigenvalue weighted by Crippen LogP contribution is 2.24. The van der Waals surface area contributed by atoms with Gasteiger partial charge in [-0.3, -0.25) is 4.79 Å². The van der Waals surface area contributed by atoms with Gasteiger partial charge in [-0.2, -0.15) is 0 Å². The Morgan fingerprint density at radius 3 is 2.50 bits per heavy atom. The summed E-state index contributed by atoms with van der Waals surface area (Å²) >= 11 is 0. The number of rotatable bonds is 5. The minimum absolute atomic E-state index is 0.191. The van der Waals surface area contributed by atoms with E-state index in [1.165, 1.54) is 0 Å². The number of nitrogens with zero attached hydrogens (tertiary/aromatic N) is 2. The fraction of sp³-hybridized carbons (Fsp3) is 0.562. The van der Waals surface area contributed by atoms with Gasteiger partial charge in [-0.1, -0.05) is 25.1 Å². The Bertz CT molecular complexity index is 414. The number of aliphatic hydroxyl groups is 1. The third kappa shape index (κ3) is 3.58. The lowest BCUT2D eigenvalue weighted by molar-refractivity contribution is -0.119. The van der Waals surface area contributed by atoms with E-state index in [1.807, 2.05) is 42.2 Å². The first kappa shape index (κ1) is 15.0. The van der Waals surface area contributed by atoms with E-state index in [2.05, 4.69) is 4.90 Å². The van der Waals surface area contributed by atoms with Crippen LogP contribution in [0.3, 0.4) is 0 Å². The van der Waals surface area contributed by atoms with Crippen LogP contribution in [0.1, 0.15) is 26.2 Å². The van der Waals surface area contributed by atoms with Crippen LogP contribution < -0.4 is 4.90 Å². The van der Waals surface area contributed by atoms with Gasteiger partial charge in [0, 0.05) is 37.8 Å². The van der Waals surface area contributed by atoms with Crippen LogP contribution in [0.2, 0.25) is 0 Å². The number of hydrogen-bond acceptors (Lipinski definition) is 3. The predicted molar refractivity (Wildman–Crippen MR) is 80.8 cm³/mol. The second-order valence-electron chi connectivity index (χ2n) is 5.25. The molecule has 0 atom stereocenters. The van der Waals surface area contributed by atoms with Crippen molar-refractivity contribution in [1.82, 2.24) is 4.90 Å². The number of anilines is 1. The van der Waals surface area contributed by atoms with Gasteiger partial charge in [0.25, 0.3) is 0 Å².